The van der Waals surface area contributed by atoms with Gasteiger partial charge in [0.2, 0.25) is 0 Å². The van der Waals surface area contributed by atoms with Crippen LogP contribution in [0.2, 0.25) is 15.1 Å². The summed E-state index contributed by atoms with van der Waals surface area (Å²) in [5.41, 5.74) is 2.87. The SMILES string of the molecule is CCOc1ccc(C(=O)Nc2cc(Cl)c3c(c2Cl)CNCC3)cc1Cl. The molecule has 0 fully saturated rings. The molecule has 3 rings (SSSR count). The smallest absolute Gasteiger partial charge is 0.255 e. The summed E-state index contributed by atoms with van der Waals surface area (Å²) in [6, 6.07) is 6.59. The van der Waals surface area contributed by atoms with Crippen molar-refractivity contribution in [3.05, 3.63) is 56.0 Å². The van der Waals surface area contributed by atoms with Crippen LogP contribution < -0.4 is 15.4 Å². The van der Waals surface area contributed by atoms with Gasteiger partial charge in [0.15, 0.2) is 0 Å². The summed E-state index contributed by atoms with van der Waals surface area (Å²) in [7, 11) is 0. The molecule has 2 aromatic carbocycles. The number of carbonyl (C=O) groups excluding carboxylic acids is 1. The van der Waals surface area contributed by atoms with Crippen LogP contribution in [0, 0.1) is 0 Å². The van der Waals surface area contributed by atoms with Crippen molar-refractivity contribution in [3.8, 4) is 5.75 Å². The number of carbonyl (C=O) groups is 1. The van der Waals surface area contributed by atoms with Crippen LogP contribution in [0.25, 0.3) is 0 Å². The predicted molar refractivity (Wildman–Crippen MR) is 102 cm³/mol. The largest absolute Gasteiger partial charge is 0.492 e. The second-order valence-corrected chi connectivity index (χ2v) is 6.83. The van der Waals surface area contributed by atoms with Crippen LogP contribution in [0.15, 0.2) is 24.3 Å². The van der Waals surface area contributed by atoms with E-state index in [4.69, 9.17) is 39.5 Å². The highest BCUT2D eigenvalue weighted by Crippen LogP contribution is 2.36. The molecule has 1 aliphatic rings. The standard InChI is InChI=1S/C18H17Cl3N2O2/c1-2-25-16-4-3-10(7-14(16)20)18(24)23-15-8-13(19)11-5-6-22-9-12(11)17(15)21/h3-4,7-8,22H,2,5-6,9H2,1H3,(H,23,24). The Morgan fingerprint density at radius 1 is 1.20 bits per heavy atom. The lowest BCUT2D eigenvalue weighted by Crippen LogP contribution is -2.25. The van der Waals surface area contributed by atoms with Gasteiger partial charge in [0.1, 0.15) is 5.75 Å². The number of benzene rings is 2. The van der Waals surface area contributed by atoms with Gasteiger partial charge in [-0.05, 0) is 55.3 Å². The molecule has 0 radical (unpaired) electrons. The number of nitrogens with one attached hydrogen (secondary N) is 2. The number of fused-ring (bicyclic) bond motifs is 1. The molecule has 2 N–H and O–H groups in total. The monoisotopic (exact) mass is 398 g/mol. The zero-order valence-electron chi connectivity index (χ0n) is 13.6. The summed E-state index contributed by atoms with van der Waals surface area (Å²) in [5.74, 6) is 0.230. The number of halogens is 3. The van der Waals surface area contributed by atoms with E-state index in [1.54, 1.807) is 24.3 Å². The molecule has 0 aromatic heterocycles. The van der Waals surface area contributed by atoms with E-state index in [9.17, 15) is 4.79 Å². The molecule has 0 unspecified atom stereocenters. The Morgan fingerprint density at radius 3 is 2.72 bits per heavy atom. The maximum absolute atomic E-state index is 12.5. The van der Waals surface area contributed by atoms with Crippen molar-refractivity contribution >= 4 is 46.4 Å². The molecule has 1 aliphatic heterocycles. The van der Waals surface area contributed by atoms with E-state index in [-0.39, 0.29) is 5.91 Å². The summed E-state index contributed by atoms with van der Waals surface area (Å²) < 4.78 is 5.38. The predicted octanol–water partition coefficient (Wildman–Crippen LogP) is 4.94. The van der Waals surface area contributed by atoms with Gasteiger partial charge in [0, 0.05) is 17.1 Å². The lowest BCUT2D eigenvalue weighted by molar-refractivity contribution is 0.102. The lowest BCUT2D eigenvalue weighted by atomic mass is 10.00. The molecular formula is C18H17Cl3N2O2. The van der Waals surface area contributed by atoms with E-state index >= 15 is 0 Å². The maximum Gasteiger partial charge on any atom is 0.255 e. The van der Waals surface area contributed by atoms with Gasteiger partial charge < -0.3 is 15.4 Å². The molecule has 7 heteroatoms. The molecule has 1 heterocycles. The van der Waals surface area contributed by atoms with Crippen LogP contribution in [-0.2, 0) is 13.0 Å². The van der Waals surface area contributed by atoms with E-state index in [0.717, 1.165) is 24.1 Å². The first-order valence-corrected chi connectivity index (χ1v) is 9.08. The summed E-state index contributed by atoms with van der Waals surface area (Å²) in [6.45, 7) is 3.86. The van der Waals surface area contributed by atoms with E-state index in [2.05, 4.69) is 10.6 Å². The zero-order chi connectivity index (χ0) is 18.0. The van der Waals surface area contributed by atoms with Crippen molar-refractivity contribution in [1.29, 1.82) is 0 Å². The maximum atomic E-state index is 12.5. The van der Waals surface area contributed by atoms with Crippen molar-refractivity contribution < 1.29 is 9.53 Å². The Kier molecular flexibility index (Phi) is 5.74. The highest BCUT2D eigenvalue weighted by molar-refractivity contribution is 6.37. The molecule has 25 heavy (non-hydrogen) atoms. The second-order valence-electron chi connectivity index (χ2n) is 5.64. The van der Waals surface area contributed by atoms with Crippen LogP contribution >= 0.6 is 34.8 Å². The minimum atomic E-state index is -0.313. The molecule has 0 saturated heterocycles. The first kappa shape index (κ1) is 18.3. The fourth-order valence-corrected chi connectivity index (χ4v) is 3.63. The molecular weight excluding hydrogens is 383 g/mol. The van der Waals surface area contributed by atoms with Gasteiger partial charge in [-0.3, -0.25) is 4.79 Å². The summed E-state index contributed by atoms with van der Waals surface area (Å²) in [6.07, 6.45) is 0.816. The van der Waals surface area contributed by atoms with Crippen molar-refractivity contribution in [2.45, 2.75) is 19.9 Å². The van der Waals surface area contributed by atoms with E-state index in [1.807, 2.05) is 6.92 Å². The van der Waals surface area contributed by atoms with Crippen LogP contribution in [-0.4, -0.2) is 19.1 Å². The molecule has 4 nitrogen and oxygen atoms in total. The summed E-state index contributed by atoms with van der Waals surface area (Å²) in [5, 5.41) is 7.58. The van der Waals surface area contributed by atoms with Crippen molar-refractivity contribution in [3.63, 3.8) is 0 Å². The Bertz CT molecular complexity index is 824. The third-order valence-electron chi connectivity index (χ3n) is 4.02. The fraction of sp³-hybridized carbons (Fsp3) is 0.278. The Labute approximate surface area is 161 Å². The molecule has 0 saturated carbocycles. The molecule has 2 aromatic rings. The van der Waals surface area contributed by atoms with Crippen molar-refractivity contribution in [1.82, 2.24) is 5.32 Å². The fourth-order valence-electron chi connectivity index (χ4n) is 2.80. The van der Waals surface area contributed by atoms with Crippen LogP contribution in [0.5, 0.6) is 5.75 Å². The first-order chi connectivity index (χ1) is 12.0. The highest BCUT2D eigenvalue weighted by Gasteiger charge is 2.20. The third kappa shape index (κ3) is 3.87. The molecule has 0 spiro atoms. The Morgan fingerprint density at radius 2 is 2.00 bits per heavy atom. The topological polar surface area (TPSA) is 50.4 Å². The lowest BCUT2D eigenvalue weighted by Gasteiger charge is -2.22. The quantitative estimate of drug-likeness (QED) is 0.765. The van der Waals surface area contributed by atoms with E-state index < -0.39 is 0 Å². The Hall–Kier alpha value is -1.46. The van der Waals surface area contributed by atoms with Gasteiger partial charge in [0.05, 0.1) is 22.3 Å². The van der Waals surface area contributed by atoms with Gasteiger partial charge in [-0.25, -0.2) is 0 Å². The Balaban J connectivity index is 1.86. The number of ether oxygens (including phenoxy) is 1. The molecule has 0 aliphatic carbocycles. The van der Waals surface area contributed by atoms with Crippen LogP contribution in [0.1, 0.15) is 28.4 Å². The first-order valence-electron chi connectivity index (χ1n) is 7.95. The van der Waals surface area contributed by atoms with Gasteiger partial charge >= 0.3 is 0 Å². The average Bonchev–Trinajstić information content (AvgIpc) is 2.61. The minimum absolute atomic E-state index is 0.313. The molecule has 0 bridgehead atoms. The van der Waals surface area contributed by atoms with Gasteiger partial charge in [-0.1, -0.05) is 34.8 Å². The van der Waals surface area contributed by atoms with Crippen LogP contribution in [0.4, 0.5) is 5.69 Å². The third-order valence-corrected chi connectivity index (χ3v) is 5.09. The van der Waals surface area contributed by atoms with Gasteiger partial charge in [-0.2, -0.15) is 0 Å². The number of hydrogen-bond donors (Lipinski definition) is 2. The summed E-state index contributed by atoms with van der Waals surface area (Å²) >= 11 is 19.0. The highest BCUT2D eigenvalue weighted by atomic mass is 35.5. The van der Waals surface area contributed by atoms with Gasteiger partial charge in [0.25, 0.3) is 5.91 Å². The normalized spacial score (nSPS) is 13.3. The number of hydrogen-bond acceptors (Lipinski definition) is 3. The molecule has 0 atom stereocenters. The van der Waals surface area contributed by atoms with Crippen LogP contribution in [0.3, 0.4) is 0 Å². The van der Waals surface area contributed by atoms with Gasteiger partial charge in [-0.15, -0.1) is 0 Å². The minimum Gasteiger partial charge on any atom is -0.492 e. The van der Waals surface area contributed by atoms with Crippen molar-refractivity contribution in [2.75, 3.05) is 18.5 Å². The number of amides is 1. The number of anilines is 1. The average molecular weight is 400 g/mol. The van der Waals surface area contributed by atoms with Crippen molar-refractivity contribution in [2.24, 2.45) is 0 Å². The molecule has 132 valence electrons. The molecule has 1 amide bonds. The summed E-state index contributed by atoms with van der Waals surface area (Å²) in [4.78, 5) is 12.5. The van der Waals surface area contributed by atoms with E-state index in [1.165, 1.54) is 0 Å². The zero-order valence-corrected chi connectivity index (χ0v) is 15.9. The number of rotatable bonds is 4. The van der Waals surface area contributed by atoms with E-state index in [0.29, 0.717) is 45.2 Å². The second kappa shape index (κ2) is 7.83.